The summed E-state index contributed by atoms with van der Waals surface area (Å²) in [6, 6.07) is 28.6. The Bertz CT molecular complexity index is 1590. The van der Waals surface area contributed by atoms with Crippen LogP contribution in [0, 0.1) is 0 Å². The minimum Gasteiger partial charge on any atom is -0.489 e. The van der Waals surface area contributed by atoms with Gasteiger partial charge < -0.3 is 4.74 Å². The highest BCUT2D eigenvalue weighted by molar-refractivity contribution is 9.10. The van der Waals surface area contributed by atoms with Crippen molar-refractivity contribution < 1.29 is 19.1 Å². The maximum absolute atomic E-state index is 13.3. The van der Waals surface area contributed by atoms with Gasteiger partial charge in [-0.05, 0) is 64.7 Å². The molecule has 1 fully saturated rings. The molecule has 5 rings (SSSR count). The molecule has 39 heavy (non-hydrogen) atoms. The van der Waals surface area contributed by atoms with Crippen LogP contribution in [0.3, 0.4) is 0 Å². The predicted molar refractivity (Wildman–Crippen MR) is 155 cm³/mol. The van der Waals surface area contributed by atoms with Gasteiger partial charge in [-0.25, -0.2) is 9.69 Å². The standard InChI is InChI=1S/C31H22BrClN2O4/c32-27-9-5-4-8-22(27)18-23-11-10-21(17-28(23)33)16-26-29(36)34-31(38)35(30(26)37)24-12-14-25(15-13-24)39-19-20-6-2-1-3-7-20/h1-17H,18-19H2,(H,34,36,38)/b26-16+. The number of hydrogen-bond acceptors (Lipinski definition) is 4. The van der Waals surface area contributed by atoms with Crippen LogP contribution in [-0.2, 0) is 22.6 Å². The molecule has 0 spiro atoms. The van der Waals surface area contributed by atoms with Crippen LogP contribution in [0.4, 0.5) is 10.5 Å². The topological polar surface area (TPSA) is 75.7 Å². The Morgan fingerprint density at radius 3 is 2.28 bits per heavy atom. The van der Waals surface area contributed by atoms with E-state index in [0.29, 0.717) is 35.1 Å². The van der Waals surface area contributed by atoms with Crippen LogP contribution in [0.25, 0.3) is 6.08 Å². The highest BCUT2D eigenvalue weighted by atomic mass is 79.9. The number of anilines is 1. The summed E-state index contributed by atoms with van der Waals surface area (Å²) in [6.45, 7) is 0.384. The molecule has 1 heterocycles. The second kappa shape index (κ2) is 11.7. The van der Waals surface area contributed by atoms with Crippen LogP contribution in [0.2, 0.25) is 5.02 Å². The molecule has 194 valence electrons. The first kappa shape index (κ1) is 26.4. The van der Waals surface area contributed by atoms with Gasteiger partial charge in [-0.2, -0.15) is 0 Å². The van der Waals surface area contributed by atoms with Crippen LogP contribution < -0.4 is 15.0 Å². The summed E-state index contributed by atoms with van der Waals surface area (Å²) in [6.07, 6.45) is 2.05. The van der Waals surface area contributed by atoms with Crippen molar-refractivity contribution in [2.75, 3.05) is 4.90 Å². The van der Waals surface area contributed by atoms with Gasteiger partial charge in [0, 0.05) is 15.9 Å². The van der Waals surface area contributed by atoms with Crippen LogP contribution in [-0.4, -0.2) is 17.8 Å². The van der Waals surface area contributed by atoms with Crippen molar-refractivity contribution in [3.8, 4) is 5.75 Å². The Morgan fingerprint density at radius 1 is 0.846 bits per heavy atom. The van der Waals surface area contributed by atoms with Crippen molar-refractivity contribution in [3.63, 3.8) is 0 Å². The second-order valence-corrected chi connectivity index (χ2v) is 10.1. The summed E-state index contributed by atoms with van der Waals surface area (Å²) in [4.78, 5) is 39.4. The number of carbonyl (C=O) groups excluding carboxylic acids is 3. The van der Waals surface area contributed by atoms with E-state index in [2.05, 4.69) is 21.2 Å². The molecule has 1 N–H and O–H groups in total. The zero-order valence-corrected chi connectivity index (χ0v) is 22.9. The third-order valence-electron chi connectivity index (χ3n) is 6.17. The molecular formula is C31H22BrClN2O4. The molecule has 1 aliphatic rings. The first-order valence-electron chi connectivity index (χ1n) is 12.1. The summed E-state index contributed by atoms with van der Waals surface area (Å²) in [5.41, 5.74) is 3.70. The van der Waals surface area contributed by atoms with E-state index >= 15 is 0 Å². The van der Waals surface area contributed by atoms with Gasteiger partial charge in [-0.15, -0.1) is 0 Å². The molecule has 0 saturated carbocycles. The number of benzene rings is 4. The lowest BCUT2D eigenvalue weighted by Crippen LogP contribution is -2.54. The van der Waals surface area contributed by atoms with Crippen molar-refractivity contribution in [1.82, 2.24) is 5.32 Å². The summed E-state index contributed by atoms with van der Waals surface area (Å²) < 4.78 is 6.77. The molecule has 0 unspecified atom stereocenters. The molecule has 0 atom stereocenters. The van der Waals surface area contributed by atoms with Crippen LogP contribution in [0.5, 0.6) is 5.75 Å². The fraction of sp³-hybridized carbons (Fsp3) is 0.0645. The average molecular weight is 602 g/mol. The van der Waals surface area contributed by atoms with E-state index in [4.69, 9.17) is 16.3 Å². The number of nitrogens with zero attached hydrogens (tertiary/aromatic N) is 1. The van der Waals surface area contributed by atoms with E-state index in [1.54, 1.807) is 36.4 Å². The number of rotatable bonds is 7. The predicted octanol–water partition coefficient (Wildman–Crippen LogP) is 6.94. The molecule has 4 amide bonds. The number of imide groups is 2. The van der Waals surface area contributed by atoms with Gasteiger partial charge >= 0.3 is 6.03 Å². The van der Waals surface area contributed by atoms with Gasteiger partial charge in [0.1, 0.15) is 17.9 Å². The van der Waals surface area contributed by atoms with Gasteiger partial charge in [0.15, 0.2) is 0 Å². The molecule has 0 bridgehead atoms. The Morgan fingerprint density at radius 2 is 1.56 bits per heavy atom. The minimum atomic E-state index is -0.818. The lowest BCUT2D eigenvalue weighted by Gasteiger charge is -2.26. The van der Waals surface area contributed by atoms with Gasteiger partial charge in [0.05, 0.1) is 5.69 Å². The number of ether oxygens (including phenoxy) is 1. The molecule has 0 aromatic heterocycles. The van der Waals surface area contributed by atoms with E-state index in [-0.39, 0.29) is 5.57 Å². The molecule has 0 aliphatic carbocycles. The molecule has 1 saturated heterocycles. The fourth-order valence-corrected chi connectivity index (χ4v) is 4.82. The number of hydrogen-bond donors (Lipinski definition) is 1. The molecule has 1 aliphatic heterocycles. The van der Waals surface area contributed by atoms with Crippen molar-refractivity contribution in [2.45, 2.75) is 13.0 Å². The zero-order valence-electron chi connectivity index (χ0n) is 20.6. The number of halogens is 2. The highest BCUT2D eigenvalue weighted by Gasteiger charge is 2.36. The molecular weight excluding hydrogens is 580 g/mol. The Balaban J connectivity index is 1.33. The lowest BCUT2D eigenvalue weighted by molar-refractivity contribution is -0.122. The number of carbonyl (C=O) groups is 3. The molecule has 4 aromatic carbocycles. The van der Waals surface area contributed by atoms with E-state index in [9.17, 15) is 14.4 Å². The SMILES string of the molecule is O=C1NC(=O)N(c2ccc(OCc3ccccc3)cc2)C(=O)/C1=C/c1ccc(Cc2ccccc2Br)c(Cl)c1. The second-order valence-electron chi connectivity index (χ2n) is 8.85. The van der Waals surface area contributed by atoms with Crippen molar-refractivity contribution in [1.29, 1.82) is 0 Å². The third kappa shape index (κ3) is 6.11. The minimum absolute atomic E-state index is 0.173. The van der Waals surface area contributed by atoms with Gasteiger partial charge in [0.25, 0.3) is 11.8 Å². The fourth-order valence-electron chi connectivity index (χ4n) is 4.13. The Kier molecular flexibility index (Phi) is 7.91. The maximum Gasteiger partial charge on any atom is 0.335 e. The van der Waals surface area contributed by atoms with E-state index in [0.717, 1.165) is 26.1 Å². The van der Waals surface area contributed by atoms with Gasteiger partial charge in [-0.3, -0.25) is 14.9 Å². The molecule has 0 radical (unpaired) electrons. The maximum atomic E-state index is 13.3. The molecule has 4 aromatic rings. The number of barbiturate groups is 1. The van der Waals surface area contributed by atoms with Crippen molar-refractivity contribution in [3.05, 3.63) is 134 Å². The summed E-state index contributed by atoms with van der Waals surface area (Å²) in [5.74, 6) is -0.913. The van der Waals surface area contributed by atoms with Crippen LogP contribution in [0.15, 0.2) is 107 Å². The number of amides is 4. The van der Waals surface area contributed by atoms with Crippen LogP contribution >= 0.6 is 27.5 Å². The van der Waals surface area contributed by atoms with Crippen molar-refractivity contribution >= 4 is 57.1 Å². The summed E-state index contributed by atoms with van der Waals surface area (Å²) in [7, 11) is 0. The smallest absolute Gasteiger partial charge is 0.335 e. The van der Waals surface area contributed by atoms with Crippen molar-refractivity contribution in [2.24, 2.45) is 0 Å². The van der Waals surface area contributed by atoms with E-state index in [1.165, 1.54) is 6.08 Å². The largest absolute Gasteiger partial charge is 0.489 e. The van der Waals surface area contributed by atoms with E-state index in [1.807, 2.05) is 60.7 Å². The summed E-state index contributed by atoms with van der Waals surface area (Å²) >= 11 is 10.1. The van der Waals surface area contributed by atoms with E-state index < -0.39 is 17.8 Å². The average Bonchev–Trinajstić information content (AvgIpc) is 2.93. The number of nitrogens with one attached hydrogen (secondary N) is 1. The number of urea groups is 1. The highest BCUT2D eigenvalue weighted by Crippen LogP contribution is 2.28. The van der Waals surface area contributed by atoms with Gasteiger partial charge in [-0.1, -0.05) is 88.2 Å². The van der Waals surface area contributed by atoms with Gasteiger partial charge in [0.2, 0.25) is 0 Å². The first-order chi connectivity index (χ1) is 18.9. The molecule has 8 heteroatoms. The summed E-state index contributed by atoms with van der Waals surface area (Å²) in [5, 5.41) is 2.75. The zero-order chi connectivity index (χ0) is 27.4. The monoisotopic (exact) mass is 600 g/mol. The quantitative estimate of drug-likeness (QED) is 0.184. The Hall–Kier alpha value is -4.20. The lowest BCUT2D eigenvalue weighted by atomic mass is 10.0. The Labute approximate surface area is 239 Å². The molecule has 6 nitrogen and oxygen atoms in total. The first-order valence-corrected chi connectivity index (χ1v) is 13.3. The van der Waals surface area contributed by atoms with Crippen LogP contribution in [0.1, 0.15) is 22.3 Å². The third-order valence-corrected chi connectivity index (χ3v) is 7.30. The normalized spacial score (nSPS) is 14.5.